The summed E-state index contributed by atoms with van der Waals surface area (Å²) in [6, 6.07) is 5.76. The number of hydrogen-bond acceptors (Lipinski definition) is 1. The zero-order valence-electron chi connectivity index (χ0n) is 12.9. The molecule has 114 valence electrons. The number of benzene rings is 1. The van der Waals surface area contributed by atoms with E-state index in [0.29, 0.717) is 12.0 Å². The molecular formula is C17H27BrFN. The van der Waals surface area contributed by atoms with Gasteiger partial charge in [-0.25, -0.2) is 4.39 Å². The highest BCUT2D eigenvalue weighted by Crippen LogP contribution is 2.23. The van der Waals surface area contributed by atoms with Crippen LogP contribution in [0.2, 0.25) is 0 Å². The van der Waals surface area contributed by atoms with E-state index in [9.17, 15) is 4.39 Å². The average molecular weight is 344 g/mol. The van der Waals surface area contributed by atoms with E-state index in [1.807, 2.05) is 12.1 Å². The van der Waals surface area contributed by atoms with Crippen molar-refractivity contribution in [3.63, 3.8) is 0 Å². The van der Waals surface area contributed by atoms with E-state index in [-0.39, 0.29) is 5.82 Å². The lowest BCUT2D eigenvalue weighted by atomic mass is 9.86. The molecule has 1 aromatic carbocycles. The molecule has 0 aromatic heterocycles. The van der Waals surface area contributed by atoms with Crippen molar-refractivity contribution in [2.75, 3.05) is 6.54 Å². The molecule has 0 radical (unpaired) electrons. The van der Waals surface area contributed by atoms with Gasteiger partial charge in [-0.15, -0.1) is 0 Å². The molecule has 0 heterocycles. The predicted molar refractivity (Wildman–Crippen MR) is 88.6 cm³/mol. The van der Waals surface area contributed by atoms with Crippen molar-refractivity contribution in [3.05, 3.63) is 34.1 Å². The summed E-state index contributed by atoms with van der Waals surface area (Å²) in [5.74, 6) is 0.530. The molecule has 1 N–H and O–H groups in total. The number of nitrogens with one attached hydrogen (secondary N) is 1. The fourth-order valence-electron chi connectivity index (χ4n) is 2.88. The molecule has 0 bridgehead atoms. The maximum absolute atomic E-state index is 14.0. The summed E-state index contributed by atoms with van der Waals surface area (Å²) in [5.41, 5.74) is 0.816. The second kappa shape index (κ2) is 9.51. The summed E-state index contributed by atoms with van der Waals surface area (Å²) in [5, 5.41) is 3.56. The largest absolute Gasteiger partial charge is 0.314 e. The smallest absolute Gasteiger partial charge is 0.127 e. The fourth-order valence-corrected chi connectivity index (χ4v) is 3.21. The summed E-state index contributed by atoms with van der Waals surface area (Å²) in [6.45, 7) is 7.52. The molecule has 0 spiro atoms. The SMILES string of the molecule is CCCC(CCC)C(Cc1ccc(Br)cc1F)NCC. The van der Waals surface area contributed by atoms with Gasteiger partial charge in [0.1, 0.15) is 5.82 Å². The maximum Gasteiger partial charge on any atom is 0.127 e. The molecule has 0 aliphatic rings. The lowest BCUT2D eigenvalue weighted by molar-refractivity contribution is 0.310. The first-order valence-corrected chi connectivity index (χ1v) is 8.58. The molecule has 1 rings (SSSR count). The van der Waals surface area contributed by atoms with Crippen LogP contribution in [0.3, 0.4) is 0 Å². The van der Waals surface area contributed by atoms with Crippen molar-refractivity contribution in [3.8, 4) is 0 Å². The van der Waals surface area contributed by atoms with Crippen LogP contribution in [0, 0.1) is 11.7 Å². The topological polar surface area (TPSA) is 12.0 Å². The Morgan fingerprint density at radius 2 is 1.80 bits per heavy atom. The van der Waals surface area contributed by atoms with Crippen LogP contribution in [0.25, 0.3) is 0 Å². The van der Waals surface area contributed by atoms with Crippen molar-refractivity contribution in [2.24, 2.45) is 5.92 Å². The van der Waals surface area contributed by atoms with Gasteiger partial charge in [0.05, 0.1) is 0 Å². The van der Waals surface area contributed by atoms with Crippen LogP contribution in [0.15, 0.2) is 22.7 Å². The first kappa shape index (κ1) is 17.6. The van der Waals surface area contributed by atoms with Gasteiger partial charge in [-0.3, -0.25) is 0 Å². The first-order chi connectivity index (χ1) is 9.62. The average Bonchev–Trinajstić information content (AvgIpc) is 2.41. The van der Waals surface area contributed by atoms with Gasteiger partial charge in [-0.2, -0.15) is 0 Å². The summed E-state index contributed by atoms with van der Waals surface area (Å²) < 4.78 is 14.8. The minimum absolute atomic E-state index is 0.103. The van der Waals surface area contributed by atoms with Gasteiger partial charge in [0.25, 0.3) is 0 Å². The number of rotatable bonds is 9. The van der Waals surface area contributed by atoms with Crippen LogP contribution < -0.4 is 5.32 Å². The van der Waals surface area contributed by atoms with E-state index >= 15 is 0 Å². The minimum Gasteiger partial charge on any atom is -0.314 e. The molecule has 0 fully saturated rings. The van der Waals surface area contributed by atoms with Gasteiger partial charge in [0, 0.05) is 10.5 Å². The monoisotopic (exact) mass is 343 g/mol. The van der Waals surface area contributed by atoms with Gasteiger partial charge < -0.3 is 5.32 Å². The summed E-state index contributed by atoms with van der Waals surface area (Å²) in [6.07, 6.45) is 5.58. The normalized spacial score (nSPS) is 12.9. The van der Waals surface area contributed by atoms with E-state index in [1.165, 1.54) is 25.7 Å². The molecule has 0 aliphatic carbocycles. The van der Waals surface area contributed by atoms with Crippen molar-refractivity contribution in [1.29, 1.82) is 0 Å². The minimum atomic E-state index is -0.103. The highest BCUT2D eigenvalue weighted by atomic mass is 79.9. The van der Waals surface area contributed by atoms with Crippen molar-refractivity contribution >= 4 is 15.9 Å². The van der Waals surface area contributed by atoms with E-state index < -0.39 is 0 Å². The van der Waals surface area contributed by atoms with Gasteiger partial charge in [0.15, 0.2) is 0 Å². The third-order valence-corrected chi connectivity index (χ3v) is 4.30. The van der Waals surface area contributed by atoms with Crippen molar-refractivity contribution in [2.45, 2.75) is 58.9 Å². The quantitative estimate of drug-likeness (QED) is 0.639. The van der Waals surface area contributed by atoms with Crippen LogP contribution in [-0.2, 0) is 6.42 Å². The van der Waals surface area contributed by atoms with Gasteiger partial charge in [-0.1, -0.05) is 55.6 Å². The van der Waals surface area contributed by atoms with Crippen LogP contribution in [0.4, 0.5) is 4.39 Å². The third-order valence-electron chi connectivity index (χ3n) is 3.81. The van der Waals surface area contributed by atoms with E-state index in [4.69, 9.17) is 0 Å². The molecule has 0 aliphatic heterocycles. The van der Waals surface area contributed by atoms with E-state index in [1.54, 1.807) is 6.07 Å². The van der Waals surface area contributed by atoms with Gasteiger partial charge in [0.2, 0.25) is 0 Å². The molecular weight excluding hydrogens is 317 g/mol. The highest BCUT2D eigenvalue weighted by molar-refractivity contribution is 9.10. The van der Waals surface area contributed by atoms with Gasteiger partial charge in [-0.05, 0) is 49.4 Å². The molecule has 3 heteroatoms. The lowest BCUT2D eigenvalue weighted by Crippen LogP contribution is -2.38. The standard InChI is InChI=1S/C17H27BrFN/c1-4-7-13(8-5-2)17(20-6-3)11-14-9-10-15(18)12-16(14)19/h9-10,12-13,17,20H,4-8,11H2,1-3H3. The van der Waals surface area contributed by atoms with Gasteiger partial charge >= 0.3 is 0 Å². The first-order valence-electron chi connectivity index (χ1n) is 7.79. The Hall–Kier alpha value is -0.410. The summed E-state index contributed by atoms with van der Waals surface area (Å²) in [7, 11) is 0. The Balaban J connectivity index is 2.83. The Morgan fingerprint density at radius 1 is 1.15 bits per heavy atom. The molecule has 0 saturated heterocycles. The van der Waals surface area contributed by atoms with E-state index in [0.717, 1.165) is 23.0 Å². The molecule has 1 nitrogen and oxygen atoms in total. The van der Waals surface area contributed by atoms with Crippen LogP contribution >= 0.6 is 15.9 Å². The molecule has 0 saturated carbocycles. The Bertz CT molecular complexity index is 389. The Morgan fingerprint density at radius 3 is 2.30 bits per heavy atom. The predicted octanol–water partition coefficient (Wildman–Crippen LogP) is 5.33. The van der Waals surface area contributed by atoms with Crippen LogP contribution in [0.1, 0.15) is 52.0 Å². The third kappa shape index (κ3) is 5.53. The number of halogens is 2. The molecule has 1 unspecified atom stereocenters. The Labute approximate surface area is 131 Å². The maximum atomic E-state index is 14.0. The number of hydrogen-bond donors (Lipinski definition) is 1. The van der Waals surface area contributed by atoms with Crippen LogP contribution in [0.5, 0.6) is 0 Å². The van der Waals surface area contributed by atoms with Crippen LogP contribution in [-0.4, -0.2) is 12.6 Å². The zero-order chi connectivity index (χ0) is 15.0. The summed E-state index contributed by atoms with van der Waals surface area (Å²) >= 11 is 3.32. The molecule has 1 atom stereocenters. The second-order valence-electron chi connectivity index (χ2n) is 5.44. The summed E-state index contributed by atoms with van der Waals surface area (Å²) in [4.78, 5) is 0. The molecule has 20 heavy (non-hydrogen) atoms. The lowest BCUT2D eigenvalue weighted by Gasteiger charge is -2.28. The zero-order valence-corrected chi connectivity index (χ0v) is 14.5. The molecule has 1 aromatic rings. The van der Waals surface area contributed by atoms with Crippen molar-refractivity contribution < 1.29 is 4.39 Å². The van der Waals surface area contributed by atoms with Crippen molar-refractivity contribution in [1.82, 2.24) is 5.32 Å². The highest BCUT2D eigenvalue weighted by Gasteiger charge is 2.21. The molecule has 0 amide bonds. The van der Waals surface area contributed by atoms with E-state index in [2.05, 4.69) is 42.0 Å². The fraction of sp³-hybridized carbons (Fsp3) is 0.647. The number of likely N-dealkylation sites (N-methyl/N-ethyl adjacent to an activating group) is 1. The second-order valence-corrected chi connectivity index (χ2v) is 6.36. The Kier molecular flexibility index (Phi) is 8.39.